The highest BCUT2D eigenvalue weighted by molar-refractivity contribution is 5.95. The normalized spacial score (nSPS) is 17.7. The van der Waals surface area contributed by atoms with Gasteiger partial charge in [-0.3, -0.25) is 9.48 Å². The van der Waals surface area contributed by atoms with Crippen LogP contribution in [0, 0.1) is 6.92 Å². The fourth-order valence-electron chi connectivity index (χ4n) is 2.66. The molecule has 106 valence electrons. The van der Waals surface area contributed by atoms with E-state index in [0.29, 0.717) is 11.6 Å². The number of amides is 1. The first-order valence-electron chi connectivity index (χ1n) is 6.98. The molecule has 0 spiro atoms. The van der Waals surface area contributed by atoms with Gasteiger partial charge in [-0.2, -0.15) is 5.10 Å². The minimum Gasteiger partial charge on any atom is -0.394 e. The van der Waals surface area contributed by atoms with Crippen LogP contribution in [0.2, 0.25) is 0 Å². The van der Waals surface area contributed by atoms with Gasteiger partial charge in [0.15, 0.2) is 0 Å². The molecule has 1 aliphatic carbocycles. The van der Waals surface area contributed by atoms with Crippen molar-refractivity contribution < 1.29 is 9.90 Å². The van der Waals surface area contributed by atoms with Crippen molar-refractivity contribution in [3.8, 4) is 0 Å². The predicted molar refractivity (Wildman–Crippen MR) is 73.1 cm³/mol. The second-order valence-corrected chi connectivity index (χ2v) is 5.47. The second-order valence-electron chi connectivity index (χ2n) is 5.47. The summed E-state index contributed by atoms with van der Waals surface area (Å²) < 4.78 is 2.00. The van der Waals surface area contributed by atoms with Gasteiger partial charge in [0, 0.05) is 12.7 Å². The van der Waals surface area contributed by atoms with Gasteiger partial charge in [-0.1, -0.05) is 12.8 Å². The average molecular weight is 265 g/mol. The summed E-state index contributed by atoms with van der Waals surface area (Å²) in [6.45, 7) is 3.75. The number of aromatic nitrogens is 2. The van der Waals surface area contributed by atoms with Gasteiger partial charge in [0.25, 0.3) is 5.91 Å². The highest BCUT2D eigenvalue weighted by Crippen LogP contribution is 2.30. The minimum atomic E-state index is -0.179. The number of aliphatic hydroxyl groups excluding tert-OH is 1. The van der Waals surface area contributed by atoms with E-state index in [1.807, 2.05) is 18.5 Å². The topological polar surface area (TPSA) is 58.4 Å². The molecule has 1 unspecified atom stereocenters. The molecule has 0 radical (unpaired) electrons. The molecule has 0 saturated heterocycles. The molecule has 1 N–H and O–H groups in total. The Labute approximate surface area is 114 Å². The van der Waals surface area contributed by atoms with Crippen LogP contribution in [-0.2, 0) is 0 Å². The molecule has 19 heavy (non-hydrogen) atoms. The Morgan fingerprint density at radius 1 is 1.58 bits per heavy atom. The van der Waals surface area contributed by atoms with E-state index < -0.39 is 0 Å². The third kappa shape index (κ3) is 2.66. The van der Waals surface area contributed by atoms with Gasteiger partial charge in [-0.05, 0) is 26.7 Å². The summed E-state index contributed by atoms with van der Waals surface area (Å²) in [6.07, 6.45) is 6.46. The molecule has 5 nitrogen and oxygen atoms in total. The molecule has 1 fully saturated rings. The molecule has 1 heterocycles. The number of carbonyl (C=O) groups excluding carboxylic acids is 1. The Hall–Kier alpha value is -1.36. The lowest BCUT2D eigenvalue weighted by molar-refractivity contribution is 0.0681. The molecular formula is C14H23N3O2. The van der Waals surface area contributed by atoms with Crippen LogP contribution in [0.25, 0.3) is 0 Å². The number of carbonyl (C=O) groups is 1. The Morgan fingerprint density at radius 2 is 2.21 bits per heavy atom. The summed E-state index contributed by atoms with van der Waals surface area (Å²) in [5, 5.41) is 13.5. The zero-order chi connectivity index (χ0) is 14.0. The monoisotopic (exact) mass is 265 g/mol. The van der Waals surface area contributed by atoms with Crippen LogP contribution in [0.15, 0.2) is 6.20 Å². The van der Waals surface area contributed by atoms with Crippen molar-refractivity contribution in [3.63, 3.8) is 0 Å². The largest absolute Gasteiger partial charge is 0.394 e. The molecule has 1 aromatic heterocycles. The molecule has 1 saturated carbocycles. The van der Waals surface area contributed by atoms with Crippen LogP contribution in [0.4, 0.5) is 0 Å². The fraction of sp³-hybridized carbons (Fsp3) is 0.714. The Bertz CT molecular complexity index is 450. The van der Waals surface area contributed by atoms with Crippen LogP contribution >= 0.6 is 0 Å². The van der Waals surface area contributed by atoms with Gasteiger partial charge in [0.2, 0.25) is 0 Å². The van der Waals surface area contributed by atoms with Crippen LogP contribution in [0.3, 0.4) is 0 Å². The van der Waals surface area contributed by atoms with Crippen molar-refractivity contribution in [2.24, 2.45) is 0 Å². The maximum absolute atomic E-state index is 12.4. The summed E-state index contributed by atoms with van der Waals surface area (Å²) in [6, 6.07) is 0.267. The van der Waals surface area contributed by atoms with Crippen molar-refractivity contribution in [1.29, 1.82) is 0 Å². The Balaban J connectivity index is 2.19. The van der Waals surface area contributed by atoms with Crippen molar-refractivity contribution >= 4 is 5.91 Å². The number of hydrogen-bond acceptors (Lipinski definition) is 3. The van der Waals surface area contributed by atoms with Crippen LogP contribution < -0.4 is 0 Å². The zero-order valence-corrected chi connectivity index (χ0v) is 12.0. The van der Waals surface area contributed by atoms with E-state index in [4.69, 9.17) is 5.11 Å². The van der Waals surface area contributed by atoms with Crippen molar-refractivity contribution in [3.05, 3.63) is 17.5 Å². The molecule has 0 bridgehead atoms. The lowest BCUT2D eigenvalue weighted by atomic mass is 10.2. The highest BCUT2D eigenvalue weighted by Gasteiger charge is 2.25. The highest BCUT2D eigenvalue weighted by atomic mass is 16.3. The standard InChI is InChI=1S/C14H23N3O2/c1-10(9-18)16(3)14(19)13-8-15-17(11(13)2)12-6-4-5-7-12/h8,10,12,18H,4-7,9H2,1-3H3. The summed E-state index contributed by atoms with van der Waals surface area (Å²) in [5.41, 5.74) is 1.59. The van der Waals surface area contributed by atoms with E-state index in [-0.39, 0.29) is 18.6 Å². The van der Waals surface area contributed by atoms with Crippen molar-refractivity contribution in [1.82, 2.24) is 14.7 Å². The maximum Gasteiger partial charge on any atom is 0.257 e. The molecule has 1 amide bonds. The average Bonchev–Trinajstić information content (AvgIpc) is 3.05. The predicted octanol–water partition coefficient (Wildman–Crippen LogP) is 1.76. The SMILES string of the molecule is Cc1c(C(=O)N(C)C(C)CO)cnn1C1CCCC1. The quantitative estimate of drug-likeness (QED) is 0.902. The van der Waals surface area contributed by atoms with Crippen LogP contribution in [0.5, 0.6) is 0 Å². The van der Waals surface area contributed by atoms with E-state index in [0.717, 1.165) is 18.5 Å². The summed E-state index contributed by atoms with van der Waals surface area (Å²) >= 11 is 0. The lowest BCUT2D eigenvalue weighted by Crippen LogP contribution is -2.37. The van der Waals surface area contributed by atoms with E-state index in [1.54, 1.807) is 18.1 Å². The number of rotatable bonds is 4. The number of likely N-dealkylation sites (N-methyl/N-ethyl adjacent to an activating group) is 1. The van der Waals surface area contributed by atoms with E-state index in [9.17, 15) is 4.79 Å². The molecule has 1 aliphatic rings. The van der Waals surface area contributed by atoms with E-state index in [1.165, 1.54) is 12.8 Å². The first-order chi connectivity index (χ1) is 9.06. The van der Waals surface area contributed by atoms with Crippen molar-refractivity contribution in [2.75, 3.05) is 13.7 Å². The Morgan fingerprint density at radius 3 is 2.79 bits per heavy atom. The van der Waals surface area contributed by atoms with Crippen LogP contribution in [0.1, 0.15) is 54.7 Å². The fourth-order valence-corrected chi connectivity index (χ4v) is 2.66. The number of hydrogen-bond donors (Lipinski definition) is 1. The summed E-state index contributed by atoms with van der Waals surface area (Å²) in [7, 11) is 1.72. The molecule has 1 atom stereocenters. The second kappa shape index (κ2) is 5.74. The summed E-state index contributed by atoms with van der Waals surface area (Å²) in [4.78, 5) is 13.9. The lowest BCUT2D eigenvalue weighted by Gasteiger charge is -2.23. The van der Waals surface area contributed by atoms with Crippen LogP contribution in [-0.4, -0.2) is 45.4 Å². The molecule has 5 heteroatoms. The third-order valence-corrected chi connectivity index (χ3v) is 4.19. The molecule has 0 aliphatic heterocycles. The number of aliphatic hydroxyl groups is 1. The zero-order valence-electron chi connectivity index (χ0n) is 12.0. The van der Waals surface area contributed by atoms with Crippen molar-refractivity contribution in [2.45, 2.75) is 51.6 Å². The van der Waals surface area contributed by atoms with Gasteiger partial charge in [-0.25, -0.2) is 0 Å². The van der Waals surface area contributed by atoms with Gasteiger partial charge in [-0.15, -0.1) is 0 Å². The van der Waals surface area contributed by atoms with E-state index >= 15 is 0 Å². The van der Waals surface area contributed by atoms with E-state index in [2.05, 4.69) is 5.10 Å². The van der Waals surface area contributed by atoms with Gasteiger partial charge < -0.3 is 10.0 Å². The molecular weight excluding hydrogens is 242 g/mol. The molecule has 0 aromatic carbocycles. The molecule has 2 rings (SSSR count). The first-order valence-corrected chi connectivity index (χ1v) is 6.98. The minimum absolute atomic E-state index is 0.0297. The molecule has 1 aromatic rings. The van der Waals surface area contributed by atoms with Gasteiger partial charge >= 0.3 is 0 Å². The maximum atomic E-state index is 12.4. The van der Waals surface area contributed by atoms with Gasteiger partial charge in [0.1, 0.15) is 0 Å². The van der Waals surface area contributed by atoms with Gasteiger partial charge in [0.05, 0.1) is 30.5 Å². The summed E-state index contributed by atoms with van der Waals surface area (Å²) in [5.74, 6) is -0.0664. The first kappa shape index (κ1) is 14.1. The third-order valence-electron chi connectivity index (χ3n) is 4.19. The smallest absolute Gasteiger partial charge is 0.257 e. The number of nitrogens with zero attached hydrogens (tertiary/aromatic N) is 3. The Kier molecular flexibility index (Phi) is 4.24.